The van der Waals surface area contributed by atoms with E-state index in [1.807, 2.05) is 12.3 Å². The van der Waals surface area contributed by atoms with Gasteiger partial charge in [-0.15, -0.1) is 11.3 Å². The molecule has 0 atom stereocenters. The Balaban J connectivity index is 0. The molecule has 0 saturated heterocycles. The molecule has 1 heterocycles. The molecule has 0 aromatic carbocycles. The van der Waals surface area contributed by atoms with Crippen molar-refractivity contribution in [3.63, 3.8) is 0 Å². The molecule has 0 aliphatic rings. The molecule has 0 aliphatic heterocycles. The molecule has 0 fully saturated rings. The lowest BCUT2D eigenvalue weighted by molar-refractivity contribution is -0.193. The van der Waals surface area contributed by atoms with Gasteiger partial charge in [-0.2, -0.15) is 19.2 Å². The third-order valence-electron chi connectivity index (χ3n) is 2.30. The molecule has 21 heavy (non-hydrogen) atoms. The van der Waals surface area contributed by atoms with Crippen LogP contribution in [0, 0.1) is 0 Å². The summed E-state index contributed by atoms with van der Waals surface area (Å²) < 4.78 is 5.04. The second-order valence-electron chi connectivity index (χ2n) is 3.54. The number of carbonyl (C=O) groups is 1. The van der Waals surface area contributed by atoms with Gasteiger partial charge in [0.15, 0.2) is 0 Å². The summed E-state index contributed by atoms with van der Waals surface area (Å²) in [5, 5.41) is 1.93. The molecule has 0 N–H and O–H groups in total. The Kier molecular flexibility index (Phi) is 14.5. The van der Waals surface area contributed by atoms with Gasteiger partial charge in [-0.05, 0) is 25.3 Å². The van der Waals surface area contributed by atoms with Crippen LogP contribution in [0.25, 0.3) is 0 Å². The summed E-state index contributed by atoms with van der Waals surface area (Å²) in [6.45, 7) is 6.54. The minimum Gasteiger partial charge on any atom is -0.462 e. The summed E-state index contributed by atoms with van der Waals surface area (Å²) in [7, 11) is 0. The van der Waals surface area contributed by atoms with Gasteiger partial charge in [0.1, 0.15) is 0 Å². The van der Waals surface area contributed by atoms with E-state index in [9.17, 15) is 4.79 Å². The van der Waals surface area contributed by atoms with Crippen LogP contribution in [0.2, 0.25) is 0 Å². The van der Waals surface area contributed by atoms with Gasteiger partial charge in [0.2, 0.25) is 0 Å². The molecule has 1 rings (SSSR count). The standard InChI is InChI=1S/C12H18O2S.2CO2/c1-4-7-9-10(12(13)14-6-3)8-15-11(9)5-2;2*2-1-3/h8H,4-7H2,1-3H3;;. The van der Waals surface area contributed by atoms with Gasteiger partial charge in [0.25, 0.3) is 0 Å². The maximum atomic E-state index is 11.7. The number of carbonyl (C=O) groups excluding carboxylic acids is 5. The third kappa shape index (κ3) is 8.65. The highest BCUT2D eigenvalue weighted by atomic mass is 32.1. The molecule has 0 radical (unpaired) electrons. The maximum absolute atomic E-state index is 11.7. The van der Waals surface area contributed by atoms with Crippen molar-refractivity contribution >= 4 is 29.6 Å². The van der Waals surface area contributed by atoms with Gasteiger partial charge in [0.05, 0.1) is 12.2 Å². The molecule has 1 aromatic heterocycles. The Morgan fingerprint density at radius 2 is 1.67 bits per heavy atom. The van der Waals surface area contributed by atoms with Crippen LogP contribution >= 0.6 is 11.3 Å². The average molecular weight is 314 g/mol. The molecule has 1 aromatic rings. The van der Waals surface area contributed by atoms with Crippen LogP contribution in [0.5, 0.6) is 0 Å². The van der Waals surface area contributed by atoms with Crippen LogP contribution in [-0.4, -0.2) is 24.9 Å². The molecular weight excluding hydrogens is 296 g/mol. The summed E-state index contributed by atoms with van der Waals surface area (Å²) in [6.07, 6.45) is 3.54. The summed E-state index contributed by atoms with van der Waals surface area (Å²) in [6, 6.07) is 0. The molecule has 0 aliphatic carbocycles. The minimum absolute atomic E-state index is 0.170. The van der Waals surface area contributed by atoms with E-state index in [4.69, 9.17) is 23.9 Å². The fraction of sp³-hybridized carbons (Fsp3) is 0.500. The number of aryl methyl sites for hydroxylation is 1. The Morgan fingerprint density at radius 1 is 1.14 bits per heavy atom. The van der Waals surface area contributed by atoms with E-state index in [0.29, 0.717) is 6.61 Å². The van der Waals surface area contributed by atoms with Crippen molar-refractivity contribution in [1.29, 1.82) is 0 Å². The zero-order valence-corrected chi connectivity index (χ0v) is 13.1. The lowest BCUT2D eigenvalue weighted by atomic mass is 10.1. The van der Waals surface area contributed by atoms with E-state index in [0.717, 1.165) is 24.8 Å². The SMILES string of the molecule is CCCc1c(C(=O)OCC)csc1CC.O=C=O.O=C=O. The summed E-state index contributed by atoms with van der Waals surface area (Å²) >= 11 is 1.67. The van der Waals surface area contributed by atoms with Crippen LogP contribution in [0.15, 0.2) is 5.38 Å². The molecular formula is C14H18O6S. The molecule has 0 saturated carbocycles. The van der Waals surface area contributed by atoms with Crippen LogP contribution < -0.4 is 0 Å². The van der Waals surface area contributed by atoms with E-state index in [-0.39, 0.29) is 18.3 Å². The number of thiophene rings is 1. The van der Waals surface area contributed by atoms with E-state index in [2.05, 4.69) is 13.8 Å². The fourth-order valence-electron chi connectivity index (χ4n) is 1.62. The van der Waals surface area contributed by atoms with Crippen molar-refractivity contribution in [3.05, 3.63) is 21.4 Å². The van der Waals surface area contributed by atoms with Crippen molar-refractivity contribution in [2.45, 2.75) is 40.0 Å². The van der Waals surface area contributed by atoms with E-state index in [1.165, 1.54) is 10.4 Å². The van der Waals surface area contributed by atoms with Gasteiger partial charge in [-0.25, -0.2) is 4.79 Å². The number of ether oxygens (including phenoxy) is 1. The molecule has 7 heteroatoms. The topological polar surface area (TPSA) is 94.6 Å². The first-order valence-electron chi connectivity index (χ1n) is 6.32. The van der Waals surface area contributed by atoms with Crippen molar-refractivity contribution in [1.82, 2.24) is 0 Å². The van der Waals surface area contributed by atoms with Crippen LogP contribution in [0.3, 0.4) is 0 Å². The van der Waals surface area contributed by atoms with Gasteiger partial charge in [-0.3, -0.25) is 0 Å². The smallest absolute Gasteiger partial charge is 0.373 e. The van der Waals surface area contributed by atoms with E-state index >= 15 is 0 Å². The first kappa shape index (κ1) is 21.2. The lowest BCUT2D eigenvalue weighted by Gasteiger charge is -2.04. The predicted molar refractivity (Wildman–Crippen MR) is 73.7 cm³/mol. The highest BCUT2D eigenvalue weighted by Gasteiger charge is 2.16. The lowest BCUT2D eigenvalue weighted by Crippen LogP contribution is -2.06. The monoisotopic (exact) mass is 314 g/mol. The molecule has 0 amide bonds. The van der Waals surface area contributed by atoms with Gasteiger partial charge < -0.3 is 4.74 Å². The first-order chi connectivity index (χ1) is 10.1. The maximum Gasteiger partial charge on any atom is 0.373 e. The van der Waals surface area contributed by atoms with Gasteiger partial charge in [-0.1, -0.05) is 20.3 Å². The molecule has 116 valence electrons. The normalized spacial score (nSPS) is 8.14. The van der Waals surface area contributed by atoms with Crippen molar-refractivity contribution in [2.24, 2.45) is 0 Å². The Morgan fingerprint density at radius 3 is 2.05 bits per heavy atom. The van der Waals surface area contributed by atoms with Crippen LogP contribution in [0.1, 0.15) is 48.0 Å². The van der Waals surface area contributed by atoms with Crippen molar-refractivity contribution in [2.75, 3.05) is 6.61 Å². The molecule has 6 nitrogen and oxygen atoms in total. The average Bonchev–Trinajstić information content (AvgIpc) is 2.84. The zero-order chi connectivity index (χ0) is 16.7. The number of esters is 1. The van der Waals surface area contributed by atoms with Crippen LogP contribution in [-0.2, 0) is 36.8 Å². The minimum atomic E-state index is -0.170. The molecule has 0 unspecified atom stereocenters. The summed E-state index contributed by atoms with van der Waals surface area (Å²) in [5.74, 6) is -0.170. The quantitative estimate of drug-likeness (QED) is 0.774. The van der Waals surface area contributed by atoms with Crippen LogP contribution in [0.4, 0.5) is 0 Å². The second-order valence-corrected chi connectivity index (χ2v) is 4.51. The molecule has 0 spiro atoms. The Labute approximate surface area is 127 Å². The van der Waals surface area contributed by atoms with Crippen molar-refractivity contribution in [3.8, 4) is 0 Å². The number of rotatable bonds is 5. The molecule has 0 bridgehead atoms. The van der Waals surface area contributed by atoms with E-state index < -0.39 is 0 Å². The van der Waals surface area contributed by atoms with E-state index in [1.54, 1.807) is 11.3 Å². The van der Waals surface area contributed by atoms with Crippen molar-refractivity contribution < 1.29 is 28.7 Å². The number of hydrogen-bond acceptors (Lipinski definition) is 7. The highest BCUT2D eigenvalue weighted by Crippen LogP contribution is 2.25. The summed E-state index contributed by atoms with van der Waals surface area (Å²) in [4.78, 5) is 45.5. The second kappa shape index (κ2) is 14.3. The first-order valence-corrected chi connectivity index (χ1v) is 7.20. The third-order valence-corrected chi connectivity index (χ3v) is 3.47. The van der Waals surface area contributed by atoms with Gasteiger partial charge >= 0.3 is 18.3 Å². The fourth-order valence-corrected chi connectivity index (χ4v) is 2.64. The highest BCUT2D eigenvalue weighted by molar-refractivity contribution is 7.10. The van der Waals surface area contributed by atoms with Gasteiger partial charge in [0, 0.05) is 10.3 Å². The predicted octanol–water partition coefficient (Wildman–Crippen LogP) is 2.27. The Bertz CT molecular complexity index is 468. The zero-order valence-electron chi connectivity index (χ0n) is 12.3. The number of hydrogen-bond donors (Lipinski definition) is 0. The Hall–Kier alpha value is -2.07. The largest absolute Gasteiger partial charge is 0.462 e. The summed E-state index contributed by atoms with van der Waals surface area (Å²) in [5.41, 5.74) is 1.98.